The number of carbonyl (C=O) groups is 3. The van der Waals surface area contributed by atoms with Crippen molar-refractivity contribution < 1.29 is 28.6 Å². The van der Waals surface area contributed by atoms with Crippen molar-refractivity contribution in [3.8, 4) is 0 Å². The number of unbranched alkanes of at least 4 members (excludes halogenated alkanes) is 23. The van der Waals surface area contributed by atoms with E-state index in [1.54, 1.807) is 0 Å². The van der Waals surface area contributed by atoms with E-state index >= 15 is 0 Å². The second kappa shape index (κ2) is 48.3. The molecule has 0 spiro atoms. The quantitative estimate of drug-likeness (QED) is 0.0263. The minimum atomic E-state index is -0.807. The summed E-state index contributed by atoms with van der Waals surface area (Å²) in [6.07, 6.45) is 61.3. The fraction of sp³-hybridized carbons (Fsp3) is 0.685. The van der Waals surface area contributed by atoms with Crippen LogP contribution in [0.25, 0.3) is 0 Å². The van der Waals surface area contributed by atoms with Gasteiger partial charge >= 0.3 is 17.9 Å². The van der Waals surface area contributed by atoms with Crippen LogP contribution in [0.3, 0.4) is 0 Å². The van der Waals surface area contributed by atoms with E-state index in [1.165, 1.54) is 96.3 Å². The molecular weight excluding hydrogens is 745 g/mol. The van der Waals surface area contributed by atoms with Gasteiger partial charge in [-0.2, -0.15) is 0 Å². The Bertz CT molecular complexity index is 1190. The number of ether oxygens (including phenoxy) is 3. The molecule has 6 heteroatoms. The summed E-state index contributed by atoms with van der Waals surface area (Å²) in [4.78, 5) is 37.9. The molecule has 0 aromatic carbocycles. The molecule has 0 fully saturated rings. The lowest BCUT2D eigenvalue weighted by atomic mass is 10.1. The SMILES string of the molecule is CC\C=C/C=C\C=C/C=C\C=C/CCCCCC(=O)OC(COC(=O)CCCCC/C=C\C=C/CCCCCCCCC)COC(=O)CCCCCCCCCCCCC. The first kappa shape index (κ1) is 56.6. The predicted molar refractivity (Wildman–Crippen MR) is 256 cm³/mol. The lowest BCUT2D eigenvalue weighted by molar-refractivity contribution is -0.167. The third-order valence-corrected chi connectivity index (χ3v) is 10.3. The molecule has 6 nitrogen and oxygen atoms in total. The summed E-state index contributed by atoms with van der Waals surface area (Å²) < 4.78 is 16.7. The fourth-order valence-corrected chi connectivity index (χ4v) is 6.57. The molecule has 0 aliphatic heterocycles. The Morgan fingerprint density at radius 2 is 0.650 bits per heavy atom. The van der Waals surface area contributed by atoms with Crippen molar-refractivity contribution in [3.63, 3.8) is 0 Å². The first-order chi connectivity index (χ1) is 29.5. The van der Waals surface area contributed by atoms with Crippen LogP contribution in [-0.2, 0) is 28.6 Å². The molecule has 342 valence electrons. The zero-order valence-corrected chi connectivity index (χ0v) is 38.9. The Morgan fingerprint density at radius 1 is 0.350 bits per heavy atom. The van der Waals surface area contributed by atoms with Gasteiger partial charge in [0, 0.05) is 19.3 Å². The Hall–Kier alpha value is -3.41. The molecule has 1 unspecified atom stereocenters. The van der Waals surface area contributed by atoms with E-state index in [0.29, 0.717) is 19.3 Å². The highest BCUT2D eigenvalue weighted by molar-refractivity contribution is 5.71. The molecule has 0 rings (SSSR count). The molecule has 0 N–H and O–H groups in total. The second-order valence-electron chi connectivity index (χ2n) is 16.1. The van der Waals surface area contributed by atoms with Crippen LogP contribution in [0.5, 0.6) is 0 Å². The monoisotopic (exact) mass is 835 g/mol. The highest BCUT2D eigenvalue weighted by Gasteiger charge is 2.19. The number of allylic oxidation sites excluding steroid dienone is 14. The molecular formula is C54H90O6. The van der Waals surface area contributed by atoms with Crippen molar-refractivity contribution >= 4 is 17.9 Å². The van der Waals surface area contributed by atoms with Crippen molar-refractivity contribution in [2.75, 3.05) is 13.2 Å². The number of esters is 3. The van der Waals surface area contributed by atoms with Crippen molar-refractivity contribution in [2.45, 2.75) is 226 Å². The van der Waals surface area contributed by atoms with Crippen molar-refractivity contribution in [3.05, 3.63) is 85.1 Å². The normalized spacial score (nSPS) is 12.8. The topological polar surface area (TPSA) is 78.9 Å². The van der Waals surface area contributed by atoms with Crippen molar-refractivity contribution in [2.24, 2.45) is 0 Å². The van der Waals surface area contributed by atoms with Crippen molar-refractivity contribution in [1.29, 1.82) is 0 Å². The van der Waals surface area contributed by atoms with Gasteiger partial charge in [-0.15, -0.1) is 0 Å². The van der Waals surface area contributed by atoms with Gasteiger partial charge in [0.25, 0.3) is 0 Å². The standard InChI is InChI=1S/C54H90O6/c1-4-7-10-13-16-19-22-24-26-28-29-32-35-38-41-44-47-53(56)59-50-51(49-58-52(55)46-43-40-37-34-31-21-18-15-12-9-6-3)60-54(57)48-45-42-39-36-33-30-27-25-23-20-17-14-11-8-5-2/h8,11,14,17,20,23,25-30,32-33,51H,4-7,9-10,12-13,15-16,18-19,21-22,24,31,34-50H2,1-3H3/b11-8-,17-14-,23-20-,27-25-,28-26-,32-29-,33-30-. The summed E-state index contributed by atoms with van der Waals surface area (Å²) in [5.41, 5.74) is 0. The van der Waals surface area contributed by atoms with Crippen LogP contribution in [0.4, 0.5) is 0 Å². The van der Waals surface area contributed by atoms with E-state index in [9.17, 15) is 14.4 Å². The maximum Gasteiger partial charge on any atom is 0.306 e. The number of rotatable bonds is 43. The smallest absolute Gasteiger partial charge is 0.306 e. The fourth-order valence-electron chi connectivity index (χ4n) is 6.57. The van der Waals surface area contributed by atoms with Crippen LogP contribution >= 0.6 is 0 Å². The van der Waals surface area contributed by atoms with Crippen LogP contribution in [-0.4, -0.2) is 37.2 Å². The zero-order chi connectivity index (χ0) is 43.7. The van der Waals surface area contributed by atoms with E-state index in [0.717, 1.165) is 77.0 Å². The molecule has 0 aromatic rings. The van der Waals surface area contributed by atoms with Crippen LogP contribution in [0.15, 0.2) is 85.1 Å². The molecule has 0 saturated carbocycles. The predicted octanol–water partition coefficient (Wildman–Crippen LogP) is 16.0. The van der Waals surface area contributed by atoms with Gasteiger partial charge in [-0.3, -0.25) is 14.4 Å². The third-order valence-electron chi connectivity index (χ3n) is 10.3. The highest BCUT2D eigenvalue weighted by Crippen LogP contribution is 2.14. The van der Waals surface area contributed by atoms with Gasteiger partial charge in [-0.05, 0) is 64.2 Å². The third kappa shape index (κ3) is 45.7. The lowest BCUT2D eigenvalue weighted by Gasteiger charge is -2.18. The first-order valence-electron chi connectivity index (χ1n) is 24.7. The Labute approximate surface area is 369 Å². The van der Waals surface area contributed by atoms with E-state index in [1.807, 2.05) is 48.6 Å². The molecule has 0 aliphatic carbocycles. The van der Waals surface area contributed by atoms with Gasteiger partial charge in [0.1, 0.15) is 13.2 Å². The molecule has 0 aromatic heterocycles. The summed E-state index contributed by atoms with van der Waals surface area (Å²) in [7, 11) is 0. The summed E-state index contributed by atoms with van der Waals surface area (Å²) in [5.74, 6) is -0.975. The Kier molecular flexibility index (Phi) is 45.5. The summed E-state index contributed by atoms with van der Waals surface area (Å²) in [5, 5.41) is 0. The maximum atomic E-state index is 12.7. The Balaban J connectivity index is 4.51. The van der Waals surface area contributed by atoms with Crippen LogP contribution in [0.2, 0.25) is 0 Å². The van der Waals surface area contributed by atoms with Crippen LogP contribution in [0.1, 0.15) is 220 Å². The summed E-state index contributed by atoms with van der Waals surface area (Å²) >= 11 is 0. The second-order valence-corrected chi connectivity index (χ2v) is 16.1. The highest BCUT2D eigenvalue weighted by atomic mass is 16.6. The molecule has 1 atom stereocenters. The van der Waals surface area contributed by atoms with Crippen LogP contribution in [0, 0.1) is 0 Å². The zero-order valence-electron chi connectivity index (χ0n) is 38.9. The summed E-state index contributed by atoms with van der Waals surface area (Å²) in [6, 6.07) is 0. The van der Waals surface area contributed by atoms with E-state index < -0.39 is 6.10 Å². The van der Waals surface area contributed by atoms with E-state index in [2.05, 4.69) is 57.2 Å². The van der Waals surface area contributed by atoms with Gasteiger partial charge < -0.3 is 14.2 Å². The van der Waals surface area contributed by atoms with Gasteiger partial charge in [-0.1, -0.05) is 221 Å². The molecule has 0 amide bonds. The van der Waals surface area contributed by atoms with Crippen molar-refractivity contribution in [1.82, 2.24) is 0 Å². The van der Waals surface area contributed by atoms with Crippen LogP contribution < -0.4 is 0 Å². The van der Waals surface area contributed by atoms with E-state index in [4.69, 9.17) is 14.2 Å². The average molecular weight is 835 g/mol. The molecule has 0 saturated heterocycles. The average Bonchev–Trinajstić information content (AvgIpc) is 3.24. The van der Waals surface area contributed by atoms with Gasteiger partial charge in [0.2, 0.25) is 0 Å². The summed E-state index contributed by atoms with van der Waals surface area (Å²) in [6.45, 7) is 6.41. The minimum Gasteiger partial charge on any atom is -0.462 e. The number of hydrogen-bond donors (Lipinski definition) is 0. The molecule has 0 bridgehead atoms. The van der Waals surface area contributed by atoms with E-state index in [-0.39, 0.29) is 37.5 Å². The minimum absolute atomic E-state index is 0.102. The molecule has 0 heterocycles. The molecule has 60 heavy (non-hydrogen) atoms. The number of carbonyl (C=O) groups excluding carboxylic acids is 3. The number of hydrogen-bond acceptors (Lipinski definition) is 6. The van der Waals surface area contributed by atoms with Gasteiger partial charge in [0.15, 0.2) is 6.10 Å². The maximum absolute atomic E-state index is 12.7. The molecule has 0 aliphatic rings. The first-order valence-corrected chi connectivity index (χ1v) is 24.7. The molecule has 0 radical (unpaired) electrons. The Morgan fingerprint density at radius 3 is 1.05 bits per heavy atom. The lowest BCUT2D eigenvalue weighted by Crippen LogP contribution is -2.30. The largest absolute Gasteiger partial charge is 0.462 e. The van der Waals surface area contributed by atoms with Gasteiger partial charge in [0.05, 0.1) is 0 Å². The van der Waals surface area contributed by atoms with Gasteiger partial charge in [-0.25, -0.2) is 0 Å².